The smallest absolute Gasteiger partial charge is 0.258 e. The number of hydrogen-bond acceptors (Lipinski definition) is 3. The lowest BCUT2D eigenvalue weighted by Gasteiger charge is -1.97. The Morgan fingerprint density at radius 2 is 1.84 bits per heavy atom. The Kier molecular flexibility index (Phi) is 3.06. The molecule has 0 saturated heterocycles. The highest BCUT2D eigenvalue weighted by molar-refractivity contribution is 5.57. The van der Waals surface area contributed by atoms with E-state index in [9.17, 15) is 0 Å². The van der Waals surface area contributed by atoms with Crippen molar-refractivity contribution in [2.75, 3.05) is 0 Å². The summed E-state index contributed by atoms with van der Waals surface area (Å²) in [5.41, 5.74) is 2.12. The molecule has 0 amide bonds. The van der Waals surface area contributed by atoms with Gasteiger partial charge in [0.1, 0.15) is 0 Å². The van der Waals surface area contributed by atoms with Gasteiger partial charge in [0, 0.05) is 17.7 Å². The highest BCUT2D eigenvalue weighted by Gasteiger charge is 2.13. The van der Waals surface area contributed by atoms with Gasteiger partial charge >= 0.3 is 0 Å². The third-order valence-electron chi connectivity index (χ3n) is 2.94. The van der Waals surface area contributed by atoms with Crippen molar-refractivity contribution in [2.45, 2.75) is 13.5 Å². The summed E-state index contributed by atoms with van der Waals surface area (Å²) in [6, 6.07) is 13.9. The number of benzene rings is 1. The number of nitrogens with zero attached hydrogens (tertiary/aromatic N) is 3. The molecule has 0 atom stereocenters. The second-order valence-electron chi connectivity index (χ2n) is 4.38. The van der Waals surface area contributed by atoms with Gasteiger partial charge in [-0.3, -0.25) is 0 Å². The van der Waals surface area contributed by atoms with Crippen LogP contribution >= 0.6 is 0 Å². The third kappa shape index (κ3) is 2.52. The molecule has 3 rings (SSSR count). The van der Waals surface area contributed by atoms with Gasteiger partial charge in [0.25, 0.3) is 5.89 Å². The van der Waals surface area contributed by atoms with Crippen molar-refractivity contribution < 1.29 is 9.09 Å². The monoisotopic (exact) mass is 252 g/mol. The molecule has 0 N–H and O–H groups in total. The Balaban J connectivity index is 1.86. The highest BCUT2D eigenvalue weighted by atomic mass is 16.5. The Labute approximate surface area is 111 Å². The van der Waals surface area contributed by atoms with E-state index in [2.05, 4.69) is 10.1 Å². The van der Waals surface area contributed by atoms with E-state index in [0.717, 1.165) is 11.1 Å². The molecular formula is C15H14N3O+. The van der Waals surface area contributed by atoms with Crippen LogP contribution < -0.4 is 4.57 Å². The predicted octanol–water partition coefficient (Wildman–Crippen LogP) is 2.38. The molecule has 0 aliphatic rings. The Hall–Kier alpha value is -2.49. The molecule has 0 radical (unpaired) electrons. The average molecular weight is 252 g/mol. The molecule has 0 fully saturated rings. The van der Waals surface area contributed by atoms with Gasteiger partial charge in [-0.05, 0) is 18.6 Å². The lowest BCUT2D eigenvalue weighted by atomic mass is 10.1. The summed E-state index contributed by atoms with van der Waals surface area (Å²) < 4.78 is 7.34. The van der Waals surface area contributed by atoms with Gasteiger partial charge in [0.15, 0.2) is 12.4 Å². The molecule has 4 nitrogen and oxygen atoms in total. The summed E-state index contributed by atoms with van der Waals surface area (Å²) >= 11 is 0. The van der Waals surface area contributed by atoms with Crippen LogP contribution in [0.2, 0.25) is 0 Å². The fraction of sp³-hybridized carbons (Fsp3) is 0.133. The Morgan fingerprint density at radius 3 is 2.63 bits per heavy atom. The lowest BCUT2D eigenvalue weighted by Crippen LogP contribution is -2.33. The molecule has 0 bridgehead atoms. The largest absolute Gasteiger partial charge is 0.334 e. The van der Waals surface area contributed by atoms with Gasteiger partial charge in [0.2, 0.25) is 12.4 Å². The van der Waals surface area contributed by atoms with Crippen LogP contribution in [0.4, 0.5) is 0 Å². The van der Waals surface area contributed by atoms with Crippen LogP contribution in [0.3, 0.4) is 0 Å². The van der Waals surface area contributed by atoms with E-state index >= 15 is 0 Å². The molecule has 0 aliphatic carbocycles. The molecule has 1 aromatic carbocycles. The second kappa shape index (κ2) is 5.02. The molecule has 4 heteroatoms. The Bertz CT molecular complexity index is 677. The van der Waals surface area contributed by atoms with Crippen LogP contribution in [0.25, 0.3) is 11.5 Å². The molecule has 94 valence electrons. The maximum atomic E-state index is 5.33. The molecule has 0 aliphatic heterocycles. The number of aromatic nitrogens is 3. The quantitative estimate of drug-likeness (QED) is 0.672. The molecule has 2 heterocycles. The molecule has 0 unspecified atom stereocenters. The van der Waals surface area contributed by atoms with Gasteiger partial charge in [-0.15, -0.1) is 0 Å². The molecule has 0 saturated carbocycles. The first-order valence-electron chi connectivity index (χ1n) is 6.15. The van der Waals surface area contributed by atoms with Crippen molar-refractivity contribution in [3.63, 3.8) is 0 Å². The minimum absolute atomic E-state index is 0.574. The van der Waals surface area contributed by atoms with E-state index in [4.69, 9.17) is 4.52 Å². The first kappa shape index (κ1) is 11.6. The van der Waals surface area contributed by atoms with E-state index in [1.165, 1.54) is 0 Å². The van der Waals surface area contributed by atoms with Crippen LogP contribution in [-0.2, 0) is 6.54 Å². The van der Waals surface area contributed by atoms with E-state index in [-0.39, 0.29) is 0 Å². The zero-order chi connectivity index (χ0) is 13.1. The molecular weight excluding hydrogens is 238 g/mol. The summed E-state index contributed by atoms with van der Waals surface area (Å²) in [5.74, 6) is 1.25. The SMILES string of the molecule is Cc1ccccc1-c1nc(C[n+]2ccccc2)no1. The van der Waals surface area contributed by atoms with Crippen LogP contribution in [0.5, 0.6) is 0 Å². The van der Waals surface area contributed by atoms with Gasteiger partial charge in [-0.25, -0.2) is 0 Å². The number of rotatable bonds is 3. The normalized spacial score (nSPS) is 10.6. The predicted molar refractivity (Wildman–Crippen MR) is 70.2 cm³/mol. The van der Waals surface area contributed by atoms with Gasteiger partial charge in [-0.1, -0.05) is 29.4 Å². The van der Waals surface area contributed by atoms with E-state index in [1.807, 2.05) is 66.3 Å². The van der Waals surface area contributed by atoms with Crippen LogP contribution in [0.1, 0.15) is 11.4 Å². The molecule has 19 heavy (non-hydrogen) atoms. The van der Waals surface area contributed by atoms with Crippen LogP contribution in [0, 0.1) is 6.92 Å². The maximum Gasteiger partial charge on any atom is 0.258 e. The number of hydrogen-bond donors (Lipinski definition) is 0. The summed E-state index contributed by atoms with van der Waals surface area (Å²) in [7, 11) is 0. The van der Waals surface area contributed by atoms with Gasteiger partial charge in [-0.2, -0.15) is 9.55 Å². The van der Waals surface area contributed by atoms with Crippen molar-refractivity contribution in [2.24, 2.45) is 0 Å². The zero-order valence-corrected chi connectivity index (χ0v) is 10.7. The van der Waals surface area contributed by atoms with Gasteiger partial charge < -0.3 is 4.52 Å². The summed E-state index contributed by atoms with van der Waals surface area (Å²) in [6.45, 7) is 2.64. The van der Waals surface area contributed by atoms with Gasteiger partial charge in [0.05, 0.1) is 0 Å². The van der Waals surface area contributed by atoms with Crippen molar-refractivity contribution in [1.82, 2.24) is 10.1 Å². The highest BCUT2D eigenvalue weighted by Crippen LogP contribution is 2.20. The minimum Gasteiger partial charge on any atom is -0.334 e. The lowest BCUT2D eigenvalue weighted by molar-refractivity contribution is -0.689. The first-order chi connectivity index (χ1) is 9.33. The van der Waals surface area contributed by atoms with Crippen LogP contribution in [0.15, 0.2) is 59.4 Å². The van der Waals surface area contributed by atoms with Crippen molar-refractivity contribution in [3.8, 4) is 11.5 Å². The van der Waals surface area contributed by atoms with E-state index in [0.29, 0.717) is 18.3 Å². The summed E-state index contributed by atoms with van der Waals surface area (Å²) in [4.78, 5) is 4.44. The second-order valence-corrected chi connectivity index (χ2v) is 4.38. The number of pyridine rings is 1. The Morgan fingerprint density at radius 1 is 1.05 bits per heavy atom. The summed E-state index contributed by atoms with van der Waals surface area (Å²) in [5, 5.41) is 4.02. The van der Waals surface area contributed by atoms with E-state index < -0.39 is 0 Å². The molecule has 3 aromatic rings. The molecule has 0 spiro atoms. The summed E-state index contributed by atoms with van der Waals surface area (Å²) in [6.07, 6.45) is 3.95. The third-order valence-corrected chi connectivity index (χ3v) is 2.94. The zero-order valence-electron chi connectivity index (χ0n) is 10.7. The van der Waals surface area contributed by atoms with Crippen molar-refractivity contribution in [1.29, 1.82) is 0 Å². The topological polar surface area (TPSA) is 42.8 Å². The number of aryl methyl sites for hydroxylation is 1. The standard InChI is InChI=1S/C15H14N3O/c1-12-7-3-4-8-13(12)15-16-14(17-19-15)11-18-9-5-2-6-10-18/h2-10H,11H2,1H3/q+1. The maximum absolute atomic E-state index is 5.33. The van der Waals surface area contributed by atoms with Crippen molar-refractivity contribution >= 4 is 0 Å². The van der Waals surface area contributed by atoms with E-state index in [1.54, 1.807) is 0 Å². The average Bonchev–Trinajstić information content (AvgIpc) is 2.89. The van der Waals surface area contributed by atoms with Crippen LogP contribution in [-0.4, -0.2) is 10.1 Å². The fourth-order valence-corrected chi connectivity index (χ4v) is 1.94. The first-order valence-corrected chi connectivity index (χ1v) is 6.15. The molecule has 2 aromatic heterocycles. The minimum atomic E-state index is 0.574. The fourth-order valence-electron chi connectivity index (χ4n) is 1.94. The van der Waals surface area contributed by atoms with Crippen molar-refractivity contribution in [3.05, 3.63) is 66.2 Å².